The first-order valence-electron chi connectivity index (χ1n) is 5.03. The summed E-state index contributed by atoms with van der Waals surface area (Å²) in [6.07, 6.45) is 2.10. The van der Waals surface area contributed by atoms with Gasteiger partial charge < -0.3 is 10.8 Å². The van der Waals surface area contributed by atoms with Crippen molar-refractivity contribution >= 4 is 23.3 Å². The number of fused-ring (bicyclic) bond motifs is 1. The first kappa shape index (κ1) is 12.4. The summed E-state index contributed by atoms with van der Waals surface area (Å²) >= 11 is 0. The molecule has 2 aromatic rings. The Bertz CT molecular complexity index is 732. The molecule has 2 rings (SSSR count). The predicted octanol–water partition coefficient (Wildman–Crippen LogP) is -0.105. The molecule has 0 saturated heterocycles. The van der Waals surface area contributed by atoms with Crippen molar-refractivity contribution in [2.24, 2.45) is 5.73 Å². The molecule has 8 nitrogen and oxygen atoms in total. The third kappa shape index (κ3) is 1.95. The number of primary amides is 1. The number of ketones is 1. The standard InChI is InChI=1S/C11H8N4O4/c1-2-7(16)5-3-6(11(18)19)15-4-13-8(9(12)17)10(15)14-5/h2-4H,1H2,(H2,12,17)(H,18,19). The number of nitrogens with zero attached hydrogens (tertiary/aromatic N) is 3. The number of aromatic carboxylic acids is 1. The molecule has 2 aromatic heterocycles. The van der Waals surface area contributed by atoms with Crippen molar-refractivity contribution in [2.75, 3.05) is 0 Å². The Hall–Kier alpha value is -3.03. The van der Waals surface area contributed by atoms with Crippen molar-refractivity contribution in [2.45, 2.75) is 0 Å². The molecule has 0 fully saturated rings. The van der Waals surface area contributed by atoms with Crippen LogP contribution >= 0.6 is 0 Å². The molecule has 0 aliphatic carbocycles. The van der Waals surface area contributed by atoms with Gasteiger partial charge in [0.1, 0.15) is 17.7 Å². The summed E-state index contributed by atoms with van der Waals surface area (Å²) in [4.78, 5) is 41.4. The van der Waals surface area contributed by atoms with Crippen LogP contribution in [0.5, 0.6) is 0 Å². The number of carboxylic acid groups (broad SMARTS) is 1. The molecule has 3 N–H and O–H groups in total. The Morgan fingerprint density at radius 1 is 1.42 bits per heavy atom. The van der Waals surface area contributed by atoms with Crippen molar-refractivity contribution in [1.29, 1.82) is 0 Å². The Kier molecular flexibility index (Phi) is 2.83. The fraction of sp³-hybridized carbons (Fsp3) is 0. The minimum absolute atomic E-state index is 0.0856. The number of hydrogen-bond acceptors (Lipinski definition) is 5. The molecule has 0 aromatic carbocycles. The Labute approximate surface area is 106 Å². The van der Waals surface area contributed by atoms with Crippen LogP contribution in [0.2, 0.25) is 0 Å². The number of aromatic nitrogens is 3. The number of hydrogen-bond donors (Lipinski definition) is 2. The SMILES string of the molecule is C=CC(=O)c1cc(C(=O)O)n2cnc(C(N)=O)c2n1. The highest BCUT2D eigenvalue weighted by Crippen LogP contribution is 2.13. The lowest BCUT2D eigenvalue weighted by atomic mass is 10.2. The molecule has 8 heteroatoms. The largest absolute Gasteiger partial charge is 0.477 e. The van der Waals surface area contributed by atoms with E-state index in [-0.39, 0.29) is 22.7 Å². The van der Waals surface area contributed by atoms with E-state index in [0.29, 0.717) is 0 Å². The molecule has 19 heavy (non-hydrogen) atoms. The lowest BCUT2D eigenvalue weighted by Crippen LogP contribution is -2.15. The zero-order chi connectivity index (χ0) is 14.2. The fourth-order valence-electron chi connectivity index (χ4n) is 1.54. The van der Waals surface area contributed by atoms with Gasteiger partial charge in [0, 0.05) is 0 Å². The number of amides is 1. The van der Waals surface area contributed by atoms with E-state index < -0.39 is 17.7 Å². The van der Waals surface area contributed by atoms with Gasteiger partial charge >= 0.3 is 5.97 Å². The first-order chi connectivity index (χ1) is 8.95. The minimum Gasteiger partial charge on any atom is -0.477 e. The molecular weight excluding hydrogens is 252 g/mol. The van der Waals surface area contributed by atoms with E-state index >= 15 is 0 Å². The Morgan fingerprint density at radius 2 is 2.11 bits per heavy atom. The Balaban J connectivity index is 2.86. The van der Waals surface area contributed by atoms with Crippen molar-refractivity contribution < 1.29 is 19.5 Å². The summed E-state index contributed by atoms with van der Waals surface area (Å²) in [5.74, 6) is -2.73. The second-order valence-electron chi connectivity index (χ2n) is 3.55. The lowest BCUT2D eigenvalue weighted by Gasteiger charge is -2.03. The number of imidazole rings is 1. The van der Waals surface area contributed by atoms with Gasteiger partial charge in [-0.2, -0.15) is 0 Å². The van der Waals surface area contributed by atoms with Gasteiger partial charge in [0.15, 0.2) is 11.3 Å². The molecule has 0 atom stereocenters. The van der Waals surface area contributed by atoms with Crippen molar-refractivity contribution in [3.05, 3.63) is 42.1 Å². The average Bonchev–Trinajstić information content (AvgIpc) is 2.79. The van der Waals surface area contributed by atoms with Crippen molar-refractivity contribution in [3.8, 4) is 0 Å². The molecule has 96 valence electrons. The van der Waals surface area contributed by atoms with E-state index in [1.807, 2.05) is 0 Å². The molecule has 0 aliphatic rings. The summed E-state index contributed by atoms with van der Waals surface area (Å²) in [7, 11) is 0. The second kappa shape index (κ2) is 4.33. The number of nitrogens with two attached hydrogens (primary N) is 1. The van der Waals surface area contributed by atoms with E-state index in [0.717, 1.165) is 22.9 Å². The third-order valence-electron chi connectivity index (χ3n) is 2.39. The van der Waals surface area contributed by atoms with Gasteiger partial charge in [-0.3, -0.25) is 14.0 Å². The monoisotopic (exact) mass is 260 g/mol. The zero-order valence-electron chi connectivity index (χ0n) is 9.53. The quantitative estimate of drug-likeness (QED) is 0.583. The first-order valence-corrected chi connectivity index (χ1v) is 5.03. The van der Waals surface area contributed by atoms with E-state index in [1.54, 1.807) is 0 Å². The van der Waals surface area contributed by atoms with E-state index in [9.17, 15) is 14.4 Å². The van der Waals surface area contributed by atoms with E-state index in [4.69, 9.17) is 10.8 Å². The van der Waals surface area contributed by atoms with Crippen LogP contribution in [0.1, 0.15) is 31.5 Å². The summed E-state index contributed by atoms with van der Waals surface area (Å²) in [6.45, 7) is 3.29. The topological polar surface area (TPSA) is 128 Å². The second-order valence-corrected chi connectivity index (χ2v) is 3.55. The zero-order valence-corrected chi connectivity index (χ0v) is 9.53. The van der Waals surface area contributed by atoms with Crippen LogP contribution in [-0.2, 0) is 0 Å². The van der Waals surface area contributed by atoms with E-state index in [1.165, 1.54) is 0 Å². The van der Waals surface area contributed by atoms with Crippen LogP contribution in [-0.4, -0.2) is 37.1 Å². The van der Waals surface area contributed by atoms with Crippen LogP contribution in [0.4, 0.5) is 0 Å². The molecular formula is C11H8N4O4. The van der Waals surface area contributed by atoms with Gasteiger partial charge in [0.2, 0.25) is 5.78 Å². The molecule has 1 amide bonds. The van der Waals surface area contributed by atoms with Gasteiger partial charge in [-0.05, 0) is 12.1 Å². The summed E-state index contributed by atoms with van der Waals surface area (Å²) < 4.78 is 1.07. The highest BCUT2D eigenvalue weighted by atomic mass is 16.4. The van der Waals surface area contributed by atoms with Gasteiger partial charge in [-0.15, -0.1) is 0 Å². The number of carbonyl (C=O) groups is 3. The summed E-state index contributed by atoms with van der Waals surface area (Å²) in [6, 6.07) is 1.08. The minimum atomic E-state index is -1.29. The van der Waals surface area contributed by atoms with Crippen LogP contribution in [0.3, 0.4) is 0 Å². The number of rotatable bonds is 4. The van der Waals surface area contributed by atoms with Crippen LogP contribution < -0.4 is 5.73 Å². The van der Waals surface area contributed by atoms with Crippen LogP contribution in [0.15, 0.2) is 25.0 Å². The lowest BCUT2D eigenvalue weighted by molar-refractivity contribution is 0.0688. The number of allylic oxidation sites excluding steroid dienone is 1. The van der Waals surface area contributed by atoms with Crippen molar-refractivity contribution in [3.63, 3.8) is 0 Å². The van der Waals surface area contributed by atoms with Crippen LogP contribution in [0, 0.1) is 0 Å². The molecule has 0 radical (unpaired) electrons. The van der Waals surface area contributed by atoms with Gasteiger partial charge in [0.25, 0.3) is 5.91 Å². The normalized spacial score (nSPS) is 10.3. The molecule has 0 unspecified atom stereocenters. The summed E-state index contributed by atoms with van der Waals surface area (Å²) in [5, 5.41) is 9.08. The highest BCUT2D eigenvalue weighted by Gasteiger charge is 2.19. The molecule has 0 aliphatic heterocycles. The molecule has 0 saturated carbocycles. The Morgan fingerprint density at radius 3 is 2.63 bits per heavy atom. The maximum absolute atomic E-state index is 11.5. The third-order valence-corrected chi connectivity index (χ3v) is 2.39. The maximum Gasteiger partial charge on any atom is 0.353 e. The molecule has 0 spiro atoms. The molecule has 0 bridgehead atoms. The fourth-order valence-corrected chi connectivity index (χ4v) is 1.54. The molecule has 2 heterocycles. The van der Waals surface area contributed by atoms with Crippen LogP contribution in [0.25, 0.3) is 5.65 Å². The maximum atomic E-state index is 11.5. The van der Waals surface area contributed by atoms with Gasteiger partial charge in [-0.25, -0.2) is 14.8 Å². The smallest absolute Gasteiger partial charge is 0.353 e. The number of carbonyl (C=O) groups excluding carboxylic acids is 2. The average molecular weight is 260 g/mol. The predicted molar refractivity (Wildman–Crippen MR) is 63.0 cm³/mol. The number of carboxylic acids is 1. The summed E-state index contributed by atoms with van der Waals surface area (Å²) in [5.41, 5.74) is 4.40. The van der Waals surface area contributed by atoms with Gasteiger partial charge in [-0.1, -0.05) is 6.58 Å². The van der Waals surface area contributed by atoms with Crippen molar-refractivity contribution in [1.82, 2.24) is 14.4 Å². The van der Waals surface area contributed by atoms with E-state index in [2.05, 4.69) is 16.5 Å². The van der Waals surface area contributed by atoms with Gasteiger partial charge in [0.05, 0.1) is 0 Å². The highest BCUT2D eigenvalue weighted by molar-refractivity contribution is 6.05.